The Morgan fingerprint density at radius 3 is 2.38 bits per heavy atom. The van der Waals surface area contributed by atoms with Crippen LogP contribution in [0.3, 0.4) is 0 Å². The molecule has 0 saturated heterocycles. The van der Waals surface area contributed by atoms with Crippen LogP contribution in [-0.2, 0) is 6.54 Å². The standard InChI is InChI=1S/C17H20N2O2/c1-12(2)14-7-9-16(10-8-14)18-11-15-5-4-6-17(13(15)3)19(20)21/h4-10,12,18H,11H2,1-3H3. The Bertz CT molecular complexity index is 634. The molecule has 0 radical (unpaired) electrons. The molecule has 0 aliphatic rings. The first-order valence-electron chi connectivity index (χ1n) is 7.05. The van der Waals surface area contributed by atoms with Crippen LogP contribution < -0.4 is 5.32 Å². The summed E-state index contributed by atoms with van der Waals surface area (Å²) in [6.45, 7) is 6.69. The van der Waals surface area contributed by atoms with Crippen LogP contribution in [0.15, 0.2) is 42.5 Å². The lowest BCUT2D eigenvalue weighted by Crippen LogP contribution is -2.03. The summed E-state index contributed by atoms with van der Waals surface area (Å²) < 4.78 is 0. The maximum atomic E-state index is 10.9. The molecule has 4 heteroatoms. The van der Waals surface area contributed by atoms with Crippen molar-refractivity contribution in [2.24, 2.45) is 0 Å². The minimum Gasteiger partial charge on any atom is -0.381 e. The topological polar surface area (TPSA) is 55.2 Å². The highest BCUT2D eigenvalue weighted by Crippen LogP contribution is 2.22. The van der Waals surface area contributed by atoms with Gasteiger partial charge in [-0.1, -0.05) is 38.1 Å². The number of anilines is 1. The average Bonchev–Trinajstić information content (AvgIpc) is 2.46. The summed E-state index contributed by atoms with van der Waals surface area (Å²) in [5.74, 6) is 0.512. The molecule has 0 saturated carbocycles. The number of hydrogen-bond acceptors (Lipinski definition) is 3. The zero-order valence-corrected chi connectivity index (χ0v) is 12.6. The fourth-order valence-corrected chi connectivity index (χ4v) is 2.24. The molecule has 0 aliphatic heterocycles. The van der Waals surface area contributed by atoms with E-state index in [1.807, 2.05) is 18.2 Å². The second-order valence-corrected chi connectivity index (χ2v) is 5.45. The van der Waals surface area contributed by atoms with Crippen molar-refractivity contribution in [2.75, 3.05) is 5.32 Å². The Balaban J connectivity index is 2.09. The fraction of sp³-hybridized carbons (Fsp3) is 0.294. The van der Waals surface area contributed by atoms with Crippen molar-refractivity contribution in [1.29, 1.82) is 0 Å². The van der Waals surface area contributed by atoms with Crippen LogP contribution in [-0.4, -0.2) is 4.92 Å². The highest BCUT2D eigenvalue weighted by molar-refractivity contribution is 5.49. The van der Waals surface area contributed by atoms with Crippen molar-refractivity contribution < 1.29 is 4.92 Å². The molecule has 0 unspecified atom stereocenters. The molecule has 2 rings (SSSR count). The second kappa shape index (κ2) is 6.39. The monoisotopic (exact) mass is 284 g/mol. The molecule has 1 N–H and O–H groups in total. The normalized spacial score (nSPS) is 10.7. The Hall–Kier alpha value is -2.36. The third-order valence-corrected chi connectivity index (χ3v) is 3.67. The van der Waals surface area contributed by atoms with Crippen molar-refractivity contribution in [1.82, 2.24) is 0 Å². The lowest BCUT2D eigenvalue weighted by atomic mass is 10.0. The molecule has 0 heterocycles. The van der Waals surface area contributed by atoms with Gasteiger partial charge in [-0.05, 0) is 36.1 Å². The summed E-state index contributed by atoms with van der Waals surface area (Å²) in [5.41, 5.74) is 4.15. The van der Waals surface area contributed by atoms with Crippen LogP contribution in [0.5, 0.6) is 0 Å². The molecule has 0 atom stereocenters. The minimum absolute atomic E-state index is 0.171. The molecule has 0 amide bonds. The van der Waals surface area contributed by atoms with E-state index in [0.29, 0.717) is 18.0 Å². The van der Waals surface area contributed by atoms with E-state index >= 15 is 0 Å². The molecule has 4 nitrogen and oxygen atoms in total. The predicted octanol–water partition coefficient (Wildman–Crippen LogP) is 4.64. The SMILES string of the molecule is Cc1c(CNc2ccc(C(C)C)cc2)cccc1[N+](=O)[O-]. The molecular formula is C17H20N2O2. The fourth-order valence-electron chi connectivity index (χ4n) is 2.24. The van der Waals surface area contributed by atoms with Gasteiger partial charge in [0.25, 0.3) is 5.69 Å². The number of benzene rings is 2. The van der Waals surface area contributed by atoms with Crippen molar-refractivity contribution in [3.8, 4) is 0 Å². The number of nitro groups is 1. The largest absolute Gasteiger partial charge is 0.381 e. The predicted molar refractivity (Wildman–Crippen MR) is 85.7 cm³/mol. The third-order valence-electron chi connectivity index (χ3n) is 3.67. The molecule has 0 spiro atoms. The molecular weight excluding hydrogens is 264 g/mol. The highest BCUT2D eigenvalue weighted by Gasteiger charge is 2.12. The summed E-state index contributed by atoms with van der Waals surface area (Å²) in [4.78, 5) is 10.6. The van der Waals surface area contributed by atoms with Gasteiger partial charge < -0.3 is 5.32 Å². The first-order chi connectivity index (χ1) is 9.99. The number of hydrogen-bond donors (Lipinski definition) is 1. The van der Waals surface area contributed by atoms with Crippen LogP contribution >= 0.6 is 0 Å². The molecule has 0 fully saturated rings. The highest BCUT2D eigenvalue weighted by atomic mass is 16.6. The summed E-state index contributed by atoms with van der Waals surface area (Å²) >= 11 is 0. The summed E-state index contributed by atoms with van der Waals surface area (Å²) in [5, 5.41) is 14.2. The van der Waals surface area contributed by atoms with Gasteiger partial charge in [-0.15, -0.1) is 0 Å². The van der Waals surface area contributed by atoms with E-state index in [-0.39, 0.29) is 10.6 Å². The Kier molecular flexibility index (Phi) is 4.58. The Labute approximate surface area is 125 Å². The molecule has 21 heavy (non-hydrogen) atoms. The minimum atomic E-state index is -0.337. The molecule has 0 bridgehead atoms. The van der Waals surface area contributed by atoms with Crippen molar-refractivity contribution in [2.45, 2.75) is 33.2 Å². The first kappa shape index (κ1) is 15.0. The van der Waals surface area contributed by atoms with Gasteiger partial charge in [-0.3, -0.25) is 10.1 Å². The molecule has 2 aromatic rings. The first-order valence-corrected chi connectivity index (χ1v) is 7.05. The molecule has 110 valence electrons. The third kappa shape index (κ3) is 3.60. The van der Waals surface area contributed by atoms with Crippen LogP contribution in [0.1, 0.15) is 36.5 Å². The zero-order chi connectivity index (χ0) is 15.4. The van der Waals surface area contributed by atoms with Gasteiger partial charge >= 0.3 is 0 Å². The van der Waals surface area contributed by atoms with Crippen molar-refractivity contribution in [3.05, 3.63) is 69.3 Å². The van der Waals surface area contributed by atoms with E-state index < -0.39 is 0 Å². The van der Waals surface area contributed by atoms with Gasteiger partial charge in [-0.2, -0.15) is 0 Å². The number of nitro benzene ring substituents is 1. The van der Waals surface area contributed by atoms with Gasteiger partial charge in [-0.25, -0.2) is 0 Å². The Morgan fingerprint density at radius 2 is 1.81 bits per heavy atom. The van der Waals surface area contributed by atoms with E-state index in [4.69, 9.17) is 0 Å². The molecule has 0 aliphatic carbocycles. The number of nitrogens with zero attached hydrogens (tertiary/aromatic N) is 1. The number of nitrogens with one attached hydrogen (secondary N) is 1. The zero-order valence-electron chi connectivity index (χ0n) is 12.6. The van der Waals surface area contributed by atoms with E-state index in [0.717, 1.165) is 11.3 Å². The lowest BCUT2D eigenvalue weighted by molar-refractivity contribution is -0.385. The van der Waals surface area contributed by atoms with Crippen molar-refractivity contribution in [3.63, 3.8) is 0 Å². The summed E-state index contributed by atoms with van der Waals surface area (Å²) in [6.07, 6.45) is 0. The van der Waals surface area contributed by atoms with Gasteiger partial charge in [0.1, 0.15) is 0 Å². The smallest absolute Gasteiger partial charge is 0.272 e. The second-order valence-electron chi connectivity index (χ2n) is 5.45. The maximum absolute atomic E-state index is 10.9. The average molecular weight is 284 g/mol. The van der Waals surface area contributed by atoms with Crippen LogP contribution in [0.25, 0.3) is 0 Å². The Morgan fingerprint density at radius 1 is 1.14 bits per heavy atom. The summed E-state index contributed by atoms with van der Waals surface area (Å²) in [7, 11) is 0. The number of rotatable bonds is 5. The summed E-state index contributed by atoms with van der Waals surface area (Å²) in [6, 6.07) is 13.5. The maximum Gasteiger partial charge on any atom is 0.272 e. The van der Waals surface area contributed by atoms with Crippen LogP contribution in [0.4, 0.5) is 11.4 Å². The van der Waals surface area contributed by atoms with Crippen LogP contribution in [0, 0.1) is 17.0 Å². The quantitative estimate of drug-likeness (QED) is 0.643. The van der Waals surface area contributed by atoms with Gasteiger partial charge in [0.15, 0.2) is 0 Å². The van der Waals surface area contributed by atoms with E-state index in [1.54, 1.807) is 13.0 Å². The van der Waals surface area contributed by atoms with E-state index in [9.17, 15) is 10.1 Å². The lowest BCUT2D eigenvalue weighted by Gasteiger charge is -2.11. The molecule has 0 aromatic heterocycles. The van der Waals surface area contributed by atoms with Crippen molar-refractivity contribution >= 4 is 11.4 Å². The van der Waals surface area contributed by atoms with Gasteiger partial charge in [0.05, 0.1) is 4.92 Å². The molecule has 2 aromatic carbocycles. The van der Waals surface area contributed by atoms with E-state index in [1.165, 1.54) is 11.6 Å². The van der Waals surface area contributed by atoms with Gasteiger partial charge in [0, 0.05) is 23.9 Å². The van der Waals surface area contributed by atoms with E-state index in [2.05, 4.69) is 31.3 Å². The van der Waals surface area contributed by atoms with Crippen LogP contribution in [0.2, 0.25) is 0 Å². The van der Waals surface area contributed by atoms with Gasteiger partial charge in [0.2, 0.25) is 0 Å².